The van der Waals surface area contributed by atoms with Crippen LogP contribution in [-0.2, 0) is 0 Å². The third-order valence-corrected chi connectivity index (χ3v) is 2.67. The van der Waals surface area contributed by atoms with Crippen LogP contribution in [0.2, 0.25) is 0 Å². The zero-order chi connectivity index (χ0) is 15.2. The van der Waals surface area contributed by atoms with E-state index in [1.165, 1.54) is 18.2 Å². The van der Waals surface area contributed by atoms with E-state index in [0.717, 1.165) is 18.2 Å². The summed E-state index contributed by atoms with van der Waals surface area (Å²) in [6, 6.07) is 8.86. The van der Waals surface area contributed by atoms with Crippen LogP contribution in [0.25, 0.3) is 0 Å². The third-order valence-electron chi connectivity index (χ3n) is 2.67. The number of nitrogens with zero attached hydrogens (tertiary/aromatic N) is 1. The van der Waals surface area contributed by atoms with Crippen LogP contribution in [0.5, 0.6) is 5.75 Å². The molecule has 0 unspecified atom stereocenters. The molecule has 0 aliphatic rings. The van der Waals surface area contributed by atoms with Crippen molar-refractivity contribution in [3.63, 3.8) is 0 Å². The van der Waals surface area contributed by atoms with Gasteiger partial charge < -0.3 is 10.1 Å². The average molecular weight is 292 g/mol. The van der Waals surface area contributed by atoms with E-state index >= 15 is 0 Å². The summed E-state index contributed by atoms with van der Waals surface area (Å²) in [5.74, 6) is -2.10. The van der Waals surface area contributed by atoms with Crippen molar-refractivity contribution in [3.05, 3.63) is 59.4 Å². The predicted molar refractivity (Wildman–Crippen MR) is 71.5 cm³/mol. The van der Waals surface area contributed by atoms with E-state index in [4.69, 9.17) is 10.00 Å². The molecule has 0 aliphatic carbocycles. The summed E-state index contributed by atoms with van der Waals surface area (Å²) < 4.78 is 44.6. The molecule has 0 amide bonds. The van der Waals surface area contributed by atoms with Crippen molar-refractivity contribution < 1.29 is 17.9 Å². The Balaban J connectivity index is 1.86. The molecular weight excluding hydrogens is 281 g/mol. The molecule has 0 aliphatic heterocycles. The van der Waals surface area contributed by atoms with Crippen molar-refractivity contribution >= 4 is 5.69 Å². The normalized spacial score (nSPS) is 10.0. The van der Waals surface area contributed by atoms with Gasteiger partial charge in [0.1, 0.15) is 18.2 Å². The Bertz CT molecular complexity index is 683. The summed E-state index contributed by atoms with van der Waals surface area (Å²) in [5.41, 5.74) is 0.444. The molecule has 0 aromatic heterocycles. The summed E-state index contributed by atoms with van der Waals surface area (Å²) >= 11 is 0. The number of halogens is 3. The number of benzene rings is 2. The molecule has 0 heterocycles. The number of nitriles is 1. The van der Waals surface area contributed by atoms with Crippen LogP contribution in [0.15, 0.2) is 36.4 Å². The summed E-state index contributed by atoms with van der Waals surface area (Å²) in [7, 11) is 0. The number of ether oxygens (including phenoxy) is 1. The van der Waals surface area contributed by atoms with Crippen LogP contribution in [-0.4, -0.2) is 13.2 Å². The quantitative estimate of drug-likeness (QED) is 0.858. The maximum absolute atomic E-state index is 13.5. The molecule has 2 aromatic rings. The summed E-state index contributed by atoms with van der Waals surface area (Å²) in [6.07, 6.45) is 0. The summed E-state index contributed by atoms with van der Waals surface area (Å²) in [4.78, 5) is 0. The van der Waals surface area contributed by atoms with E-state index in [2.05, 4.69) is 5.32 Å². The van der Waals surface area contributed by atoms with Gasteiger partial charge in [0.2, 0.25) is 0 Å². The molecule has 1 N–H and O–H groups in total. The minimum atomic E-state index is -0.792. The lowest BCUT2D eigenvalue weighted by molar-refractivity contribution is 0.314. The van der Waals surface area contributed by atoms with Gasteiger partial charge in [-0.25, -0.2) is 13.2 Å². The van der Waals surface area contributed by atoms with Gasteiger partial charge in [-0.05, 0) is 30.3 Å². The lowest BCUT2D eigenvalue weighted by atomic mass is 10.2. The van der Waals surface area contributed by atoms with Crippen LogP contribution < -0.4 is 10.1 Å². The fourth-order valence-corrected chi connectivity index (χ4v) is 1.67. The van der Waals surface area contributed by atoms with Gasteiger partial charge in [0.25, 0.3) is 0 Å². The monoisotopic (exact) mass is 292 g/mol. The highest BCUT2D eigenvalue weighted by molar-refractivity contribution is 5.48. The highest BCUT2D eigenvalue weighted by Crippen LogP contribution is 2.18. The first-order valence-corrected chi connectivity index (χ1v) is 6.11. The first-order chi connectivity index (χ1) is 10.1. The van der Waals surface area contributed by atoms with Crippen LogP contribution >= 0.6 is 0 Å². The second kappa shape index (κ2) is 6.66. The Labute approximate surface area is 119 Å². The van der Waals surface area contributed by atoms with Gasteiger partial charge in [-0.3, -0.25) is 0 Å². The Morgan fingerprint density at radius 3 is 2.52 bits per heavy atom. The maximum atomic E-state index is 13.5. The van der Waals surface area contributed by atoms with E-state index in [9.17, 15) is 13.2 Å². The van der Waals surface area contributed by atoms with Gasteiger partial charge in [-0.15, -0.1) is 0 Å². The number of rotatable bonds is 5. The lowest BCUT2D eigenvalue weighted by Gasteiger charge is -2.10. The maximum Gasteiger partial charge on any atom is 0.167 e. The van der Waals surface area contributed by atoms with Crippen molar-refractivity contribution in [1.82, 2.24) is 0 Å². The molecule has 2 rings (SSSR count). The molecule has 0 saturated carbocycles. The Morgan fingerprint density at radius 1 is 1.05 bits per heavy atom. The highest BCUT2D eigenvalue weighted by Gasteiger charge is 2.05. The predicted octanol–water partition coefficient (Wildman–Crippen LogP) is 3.47. The molecular formula is C15H11F3N2O. The molecule has 0 spiro atoms. The van der Waals surface area contributed by atoms with Gasteiger partial charge in [-0.2, -0.15) is 5.26 Å². The first-order valence-electron chi connectivity index (χ1n) is 6.11. The minimum Gasteiger partial charge on any atom is -0.489 e. The van der Waals surface area contributed by atoms with E-state index in [0.29, 0.717) is 0 Å². The SMILES string of the molecule is N#Cc1ccc(NCCOc2ccc(F)cc2F)c(F)c1. The zero-order valence-electron chi connectivity index (χ0n) is 10.9. The van der Waals surface area contributed by atoms with Crippen molar-refractivity contribution in [3.8, 4) is 11.8 Å². The number of hydrogen-bond acceptors (Lipinski definition) is 3. The van der Waals surface area contributed by atoms with Crippen LogP contribution in [0, 0.1) is 28.8 Å². The van der Waals surface area contributed by atoms with Gasteiger partial charge >= 0.3 is 0 Å². The first kappa shape index (κ1) is 14.7. The molecule has 3 nitrogen and oxygen atoms in total. The standard InChI is InChI=1S/C15H11F3N2O/c16-11-2-4-15(13(18)8-11)21-6-5-20-14-3-1-10(9-19)7-12(14)17/h1-4,7-8,20H,5-6H2. The van der Waals surface area contributed by atoms with Crippen molar-refractivity contribution in [2.75, 3.05) is 18.5 Å². The third kappa shape index (κ3) is 3.89. The average Bonchev–Trinajstić information content (AvgIpc) is 2.46. The Hall–Kier alpha value is -2.68. The summed E-state index contributed by atoms with van der Waals surface area (Å²) in [6.45, 7) is 0.293. The zero-order valence-corrected chi connectivity index (χ0v) is 10.9. The molecule has 0 saturated heterocycles. The number of hydrogen-bond donors (Lipinski definition) is 1. The van der Waals surface area contributed by atoms with E-state index in [1.54, 1.807) is 0 Å². The van der Waals surface area contributed by atoms with Gasteiger partial charge in [0, 0.05) is 12.6 Å². The van der Waals surface area contributed by atoms with E-state index in [-0.39, 0.29) is 30.2 Å². The molecule has 21 heavy (non-hydrogen) atoms. The van der Waals surface area contributed by atoms with Gasteiger partial charge in [-0.1, -0.05) is 0 Å². The molecule has 0 fully saturated rings. The van der Waals surface area contributed by atoms with E-state index < -0.39 is 17.5 Å². The van der Waals surface area contributed by atoms with Gasteiger partial charge in [0.15, 0.2) is 11.6 Å². The number of anilines is 1. The van der Waals surface area contributed by atoms with Gasteiger partial charge in [0.05, 0.1) is 17.3 Å². The lowest BCUT2D eigenvalue weighted by Crippen LogP contribution is -2.13. The molecule has 0 atom stereocenters. The highest BCUT2D eigenvalue weighted by atomic mass is 19.1. The topological polar surface area (TPSA) is 45.0 Å². The fraction of sp³-hybridized carbons (Fsp3) is 0.133. The molecule has 0 bridgehead atoms. The second-order valence-electron chi connectivity index (χ2n) is 4.16. The second-order valence-corrected chi connectivity index (χ2v) is 4.16. The fourth-order valence-electron chi connectivity index (χ4n) is 1.67. The molecule has 2 aromatic carbocycles. The minimum absolute atomic E-state index is 0.0708. The molecule has 0 radical (unpaired) electrons. The summed E-state index contributed by atoms with van der Waals surface area (Å²) in [5, 5.41) is 11.4. The number of nitrogens with one attached hydrogen (secondary N) is 1. The largest absolute Gasteiger partial charge is 0.489 e. The molecule has 108 valence electrons. The van der Waals surface area contributed by atoms with Crippen molar-refractivity contribution in [1.29, 1.82) is 5.26 Å². The smallest absolute Gasteiger partial charge is 0.167 e. The van der Waals surface area contributed by atoms with E-state index in [1.807, 2.05) is 6.07 Å². The Morgan fingerprint density at radius 2 is 1.86 bits per heavy atom. The van der Waals surface area contributed by atoms with Crippen LogP contribution in [0.3, 0.4) is 0 Å². The van der Waals surface area contributed by atoms with Crippen molar-refractivity contribution in [2.24, 2.45) is 0 Å². The Kier molecular flexibility index (Phi) is 4.67. The van der Waals surface area contributed by atoms with Crippen LogP contribution in [0.4, 0.5) is 18.9 Å². The van der Waals surface area contributed by atoms with Crippen LogP contribution in [0.1, 0.15) is 5.56 Å². The molecule has 6 heteroatoms. The van der Waals surface area contributed by atoms with Crippen molar-refractivity contribution in [2.45, 2.75) is 0 Å².